The van der Waals surface area contributed by atoms with E-state index in [-0.39, 0.29) is 30.2 Å². The number of thioether (sulfide) groups is 1. The van der Waals surface area contributed by atoms with Crippen molar-refractivity contribution in [2.75, 3.05) is 18.9 Å². The molecule has 162 valence electrons. The minimum absolute atomic E-state index is 0.00227. The van der Waals surface area contributed by atoms with E-state index in [9.17, 15) is 19.3 Å². The maximum Gasteiger partial charge on any atom is 0.345 e. The Kier molecular flexibility index (Phi) is 7.86. The maximum absolute atomic E-state index is 12.0. The van der Waals surface area contributed by atoms with Crippen LogP contribution in [0.25, 0.3) is 11.1 Å². The summed E-state index contributed by atoms with van der Waals surface area (Å²) in [5.74, 6) is 1.34. The maximum atomic E-state index is 12.0. The Morgan fingerprint density at radius 3 is 2.34 bits per heavy atom. The second-order valence-corrected chi connectivity index (χ2v) is 7.07. The molecule has 0 saturated carbocycles. The summed E-state index contributed by atoms with van der Waals surface area (Å²) >= 11 is 1.24. The molecule has 0 fully saturated rings. The van der Waals surface area contributed by atoms with Crippen molar-refractivity contribution in [3.63, 3.8) is 0 Å². The number of ether oxygens (including phenoxy) is 2. The van der Waals surface area contributed by atoms with E-state index in [1.54, 1.807) is 42.7 Å². The van der Waals surface area contributed by atoms with Gasteiger partial charge in [-0.1, -0.05) is 23.9 Å². The van der Waals surface area contributed by atoms with Gasteiger partial charge in [0.2, 0.25) is 0 Å². The zero-order chi connectivity index (χ0) is 22.9. The Bertz CT molecular complexity index is 1150. The summed E-state index contributed by atoms with van der Waals surface area (Å²) < 4.78 is 33.5. The number of hydrogen-bond donors (Lipinski definition) is 1. The monoisotopic (exact) mass is 454 g/mol. The van der Waals surface area contributed by atoms with Gasteiger partial charge in [0.25, 0.3) is 0 Å². The van der Waals surface area contributed by atoms with E-state index >= 15 is 0 Å². The molecule has 0 radical (unpaired) electrons. The molecular formula is C21H16F2N6O2S. The van der Waals surface area contributed by atoms with Gasteiger partial charge in [-0.05, 0) is 23.8 Å². The number of nitriles is 2. The van der Waals surface area contributed by atoms with Gasteiger partial charge in [0, 0.05) is 18.0 Å². The van der Waals surface area contributed by atoms with Crippen molar-refractivity contribution in [3.8, 4) is 29.0 Å². The molecule has 0 saturated heterocycles. The van der Waals surface area contributed by atoms with Gasteiger partial charge >= 0.3 is 6.61 Å². The van der Waals surface area contributed by atoms with Crippen LogP contribution in [-0.4, -0.2) is 34.8 Å². The number of rotatable bonds is 9. The van der Waals surface area contributed by atoms with Crippen molar-refractivity contribution < 1.29 is 18.3 Å². The molecule has 3 rings (SSSR count). The smallest absolute Gasteiger partial charge is 0.345 e. The molecule has 0 unspecified atom stereocenters. The fraction of sp³-hybridized carbons (Fsp3) is 0.190. The van der Waals surface area contributed by atoms with E-state index < -0.39 is 6.61 Å². The van der Waals surface area contributed by atoms with Gasteiger partial charge in [-0.3, -0.25) is 0 Å². The predicted octanol–water partition coefficient (Wildman–Crippen LogP) is 3.77. The molecule has 0 atom stereocenters. The highest BCUT2D eigenvalue weighted by Crippen LogP contribution is 2.36. The summed E-state index contributed by atoms with van der Waals surface area (Å²) in [4.78, 5) is 12.5. The van der Waals surface area contributed by atoms with Gasteiger partial charge < -0.3 is 15.2 Å². The third-order valence-electron chi connectivity index (χ3n) is 4.11. The number of aromatic nitrogens is 3. The van der Waals surface area contributed by atoms with Crippen molar-refractivity contribution in [2.45, 2.75) is 17.4 Å². The molecule has 8 nitrogen and oxygen atoms in total. The summed E-state index contributed by atoms with van der Waals surface area (Å²) in [6.07, 6.45) is 3.23. The molecule has 0 amide bonds. The Morgan fingerprint density at radius 2 is 1.72 bits per heavy atom. The lowest BCUT2D eigenvalue weighted by Crippen LogP contribution is -2.09. The van der Waals surface area contributed by atoms with E-state index in [1.165, 1.54) is 11.8 Å². The number of anilines is 1. The van der Waals surface area contributed by atoms with Gasteiger partial charge in [-0.2, -0.15) is 19.3 Å². The molecule has 11 heteroatoms. The van der Waals surface area contributed by atoms with Crippen LogP contribution in [0.1, 0.15) is 17.0 Å². The first-order chi connectivity index (χ1) is 15.5. The number of pyridine rings is 1. The molecule has 0 aliphatic rings. The molecule has 1 aromatic carbocycles. The summed E-state index contributed by atoms with van der Waals surface area (Å²) in [6, 6.07) is 12.3. The Labute approximate surface area is 186 Å². The Balaban J connectivity index is 1.88. The van der Waals surface area contributed by atoms with Crippen LogP contribution < -0.4 is 10.5 Å². The van der Waals surface area contributed by atoms with E-state index in [0.717, 1.165) is 0 Å². The molecule has 3 aromatic rings. The van der Waals surface area contributed by atoms with Gasteiger partial charge in [-0.25, -0.2) is 15.0 Å². The molecule has 0 bridgehead atoms. The SMILES string of the molecule is N#Cc1c(N)nc(SCc2ncccn2)c(C#N)c1-c1ccc(OCCOC(F)F)cc1. The number of hydrogen-bond acceptors (Lipinski definition) is 9. The highest BCUT2D eigenvalue weighted by Gasteiger charge is 2.21. The highest BCUT2D eigenvalue weighted by molar-refractivity contribution is 7.98. The lowest BCUT2D eigenvalue weighted by molar-refractivity contribution is -0.133. The number of nitrogen functional groups attached to an aromatic ring is 1. The minimum Gasteiger partial charge on any atom is -0.491 e. The van der Waals surface area contributed by atoms with Crippen LogP contribution in [0.4, 0.5) is 14.6 Å². The second kappa shape index (κ2) is 11.0. The number of nitrogens with zero attached hydrogens (tertiary/aromatic N) is 5. The Hall–Kier alpha value is -3.80. The normalized spacial score (nSPS) is 10.5. The number of benzene rings is 1. The quantitative estimate of drug-likeness (QED) is 0.379. The number of alkyl halides is 2. The summed E-state index contributed by atoms with van der Waals surface area (Å²) in [5, 5.41) is 19.8. The van der Waals surface area contributed by atoms with Crippen LogP contribution in [0.5, 0.6) is 5.75 Å². The highest BCUT2D eigenvalue weighted by atomic mass is 32.2. The summed E-state index contributed by atoms with van der Waals surface area (Å²) in [5.41, 5.74) is 7.21. The second-order valence-electron chi connectivity index (χ2n) is 6.11. The van der Waals surface area contributed by atoms with Crippen molar-refractivity contribution in [2.24, 2.45) is 0 Å². The summed E-state index contributed by atoms with van der Waals surface area (Å²) in [6.45, 7) is -3.17. The molecule has 0 aliphatic heterocycles. The van der Waals surface area contributed by atoms with Crippen molar-refractivity contribution in [1.29, 1.82) is 10.5 Å². The summed E-state index contributed by atoms with van der Waals surface area (Å²) in [7, 11) is 0. The zero-order valence-electron chi connectivity index (χ0n) is 16.5. The molecule has 0 spiro atoms. The third kappa shape index (κ3) is 5.66. The average molecular weight is 454 g/mol. The van der Waals surface area contributed by atoms with Crippen LogP contribution in [-0.2, 0) is 10.5 Å². The first-order valence-corrected chi connectivity index (χ1v) is 10.2. The number of halogens is 2. The van der Waals surface area contributed by atoms with E-state index in [4.69, 9.17) is 10.5 Å². The zero-order valence-corrected chi connectivity index (χ0v) is 17.4. The molecule has 2 heterocycles. The van der Waals surface area contributed by atoms with Crippen LogP contribution in [0.3, 0.4) is 0 Å². The topological polar surface area (TPSA) is 131 Å². The van der Waals surface area contributed by atoms with Crippen molar-refractivity contribution in [1.82, 2.24) is 15.0 Å². The Morgan fingerprint density at radius 1 is 1.03 bits per heavy atom. The van der Waals surface area contributed by atoms with Gasteiger partial charge in [0.05, 0.1) is 17.9 Å². The minimum atomic E-state index is -2.85. The fourth-order valence-electron chi connectivity index (χ4n) is 2.74. The molecule has 2 aromatic heterocycles. The van der Waals surface area contributed by atoms with Crippen LogP contribution in [0, 0.1) is 22.7 Å². The first-order valence-electron chi connectivity index (χ1n) is 9.18. The molecule has 2 N–H and O–H groups in total. The lowest BCUT2D eigenvalue weighted by Gasteiger charge is -2.13. The average Bonchev–Trinajstić information content (AvgIpc) is 2.81. The van der Waals surface area contributed by atoms with Crippen LogP contribution in [0.2, 0.25) is 0 Å². The first kappa shape index (κ1) is 22.9. The largest absolute Gasteiger partial charge is 0.491 e. The fourth-order valence-corrected chi connectivity index (χ4v) is 3.61. The predicted molar refractivity (Wildman–Crippen MR) is 113 cm³/mol. The van der Waals surface area contributed by atoms with E-state index in [2.05, 4.69) is 25.8 Å². The molecule has 32 heavy (non-hydrogen) atoms. The number of nitrogens with two attached hydrogens (primary N) is 1. The third-order valence-corrected chi connectivity index (χ3v) is 5.08. The van der Waals surface area contributed by atoms with Crippen molar-refractivity contribution in [3.05, 3.63) is 59.7 Å². The van der Waals surface area contributed by atoms with Crippen LogP contribution >= 0.6 is 11.8 Å². The van der Waals surface area contributed by atoms with E-state index in [1.807, 2.05) is 6.07 Å². The molecule has 0 aliphatic carbocycles. The van der Waals surface area contributed by atoms with Gasteiger partial charge in [0.1, 0.15) is 46.7 Å². The van der Waals surface area contributed by atoms with Gasteiger partial charge in [-0.15, -0.1) is 0 Å². The standard InChI is InChI=1S/C21H16F2N6O2S/c22-21(23)31-9-8-30-14-4-2-13(3-5-14)18-15(10-24)19(26)29-20(16(18)11-25)32-12-17-27-6-1-7-28-17/h1-7,21H,8-9,12H2,(H2,26,29). The van der Waals surface area contributed by atoms with Crippen LogP contribution in [0.15, 0.2) is 47.8 Å². The van der Waals surface area contributed by atoms with E-state index in [0.29, 0.717) is 33.5 Å². The van der Waals surface area contributed by atoms with Gasteiger partial charge in [0.15, 0.2) is 0 Å². The van der Waals surface area contributed by atoms with Crippen molar-refractivity contribution >= 4 is 17.6 Å². The lowest BCUT2D eigenvalue weighted by atomic mass is 9.97. The molecular weight excluding hydrogens is 438 g/mol.